The summed E-state index contributed by atoms with van der Waals surface area (Å²) in [6.45, 7) is 0. The van der Waals surface area contributed by atoms with Crippen LogP contribution in [-0.2, 0) is 0 Å². The Hall–Kier alpha value is -7.02. The van der Waals surface area contributed by atoms with Crippen molar-refractivity contribution in [2.45, 2.75) is 12.9 Å². The van der Waals surface area contributed by atoms with E-state index in [1.54, 1.807) is 83.7 Å². The summed E-state index contributed by atoms with van der Waals surface area (Å²) >= 11 is 0. The molecule has 8 aromatic rings. The molecule has 0 aliphatic rings. The second-order valence-electron chi connectivity index (χ2n) is 11.6. The Balaban J connectivity index is 1.17. The third kappa shape index (κ3) is 7.26. The zero-order valence-electron chi connectivity index (χ0n) is 27.3. The Morgan fingerprint density at radius 3 is 1.26 bits per heavy atom. The molecule has 8 rings (SSSR count). The van der Waals surface area contributed by atoms with Crippen LogP contribution in [-0.4, -0.2) is 24.5 Å². The van der Waals surface area contributed by atoms with Crippen molar-refractivity contribution in [2.75, 3.05) is 0 Å². The third-order valence-corrected chi connectivity index (χ3v) is 7.96. The van der Waals surface area contributed by atoms with Gasteiger partial charge in [0.25, 0.3) is 12.9 Å². The summed E-state index contributed by atoms with van der Waals surface area (Å²) < 4.78 is 81.2. The second-order valence-corrected chi connectivity index (χ2v) is 11.6. The fourth-order valence-electron chi connectivity index (χ4n) is 5.73. The van der Waals surface area contributed by atoms with Gasteiger partial charge in [-0.05, 0) is 66.7 Å². The molecular weight excluding hydrogens is 690 g/mol. The van der Waals surface area contributed by atoms with Crippen molar-refractivity contribution in [1.82, 2.24) is 24.5 Å². The van der Waals surface area contributed by atoms with Crippen molar-refractivity contribution in [1.29, 1.82) is 0 Å². The van der Waals surface area contributed by atoms with E-state index in [0.29, 0.717) is 28.5 Å². The molecule has 53 heavy (non-hydrogen) atoms. The smallest absolute Gasteiger partial charge is 0.264 e. The highest BCUT2D eigenvalue weighted by molar-refractivity contribution is 6.09. The van der Waals surface area contributed by atoms with E-state index in [0.717, 1.165) is 10.8 Å². The molecule has 13 heteroatoms. The number of benzene rings is 4. The number of aromatic nitrogens is 5. The maximum Gasteiger partial charge on any atom is 0.264 e. The van der Waals surface area contributed by atoms with Crippen LogP contribution in [0.15, 0.2) is 140 Å². The van der Waals surface area contributed by atoms with Gasteiger partial charge >= 0.3 is 0 Å². The van der Waals surface area contributed by atoms with E-state index in [9.17, 15) is 17.6 Å². The second kappa shape index (κ2) is 14.3. The molecular formula is C40H25F4N5O4. The first kappa shape index (κ1) is 33.1. The molecule has 0 N–H and O–H groups in total. The average molecular weight is 716 g/mol. The Kier molecular flexibility index (Phi) is 8.95. The Morgan fingerprint density at radius 1 is 0.415 bits per heavy atom. The number of fused-ring (bicyclic) bond motifs is 3. The van der Waals surface area contributed by atoms with E-state index in [1.165, 1.54) is 48.8 Å². The number of nitrogens with zero attached hydrogens (tertiary/aromatic N) is 5. The molecule has 4 heterocycles. The number of ether oxygens (including phenoxy) is 4. The first-order chi connectivity index (χ1) is 25.9. The van der Waals surface area contributed by atoms with Gasteiger partial charge in [-0.1, -0.05) is 12.1 Å². The molecule has 0 amide bonds. The molecule has 4 aromatic carbocycles. The van der Waals surface area contributed by atoms with E-state index in [4.69, 9.17) is 18.9 Å². The lowest BCUT2D eigenvalue weighted by Crippen LogP contribution is -2.00. The highest BCUT2D eigenvalue weighted by Crippen LogP contribution is 2.40. The van der Waals surface area contributed by atoms with Crippen molar-refractivity contribution in [3.8, 4) is 52.2 Å². The van der Waals surface area contributed by atoms with Crippen LogP contribution in [0.5, 0.6) is 46.3 Å². The van der Waals surface area contributed by atoms with Crippen LogP contribution in [0, 0.1) is 0 Å². The molecule has 0 saturated heterocycles. The quantitative estimate of drug-likeness (QED) is 0.122. The van der Waals surface area contributed by atoms with E-state index < -0.39 is 12.9 Å². The average Bonchev–Trinajstić information content (AvgIpc) is 3.48. The van der Waals surface area contributed by atoms with Gasteiger partial charge in [0.2, 0.25) is 17.7 Å². The molecule has 0 spiro atoms. The number of hydrogen-bond acceptors (Lipinski definition) is 8. The molecule has 0 aliphatic carbocycles. The molecule has 0 bridgehead atoms. The Bertz CT molecular complexity index is 2380. The van der Waals surface area contributed by atoms with Crippen molar-refractivity contribution in [3.05, 3.63) is 151 Å². The van der Waals surface area contributed by atoms with E-state index in [2.05, 4.69) is 19.9 Å². The normalized spacial score (nSPS) is 11.4. The Morgan fingerprint density at radius 2 is 0.849 bits per heavy atom. The molecule has 0 aliphatic heterocycles. The summed E-state index contributed by atoms with van der Waals surface area (Å²) in [5, 5.41) is 1.61. The summed E-state index contributed by atoms with van der Waals surface area (Å²) in [7, 11) is 0. The lowest BCUT2D eigenvalue weighted by Gasteiger charge is -2.12. The molecule has 262 valence electrons. The summed E-state index contributed by atoms with van der Waals surface area (Å²) in [5.41, 5.74) is 0.704. The maximum absolute atomic E-state index is 13.9. The third-order valence-electron chi connectivity index (χ3n) is 7.96. The van der Waals surface area contributed by atoms with Crippen LogP contribution < -0.4 is 18.9 Å². The van der Waals surface area contributed by atoms with Crippen molar-refractivity contribution in [2.24, 2.45) is 0 Å². The first-order valence-corrected chi connectivity index (χ1v) is 16.1. The van der Waals surface area contributed by atoms with Gasteiger partial charge in [-0.3, -0.25) is 4.57 Å². The zero-order chi connectivity index (χ0) is 36.3. The first-order valence-electron chi connectivity index (χ1n) is 16.1. The monoisotopic (exact) mass is 715 g/mol. The molecule has 0 unspecified atom stereocenters. The molecule has 0 atom stereocenters. The minimum atomic E-state index is -2.78. The predicted molar refractivity (Wildman–Crippen MR) is 188 cm³/mol. The van der Waals surface area contributed by atoms with Gasteiger partial charge in [-0.25, -0.2) is 37.5 Å². The minimum absolute atomic E-state index is 0.125. The van der Waals surface area contributed by atoms with Gasteiger partial charge in [-0.2, -0.15) is 0 Å². The van der Waals surface area contributed by atoms with E-state index >= 15 is 0 Å². The van der Waals surface area contributed by atoms with Crippen LogP contribution >= 0.6 is 0 Å². The molecule has 0 radical (unpaired) electrons. The maximum atomic E-state index is 13.9. The summed E-state index contributed by atoms with van der Waals surface area (Å²) in [5.74, 6) is 2.00. The molecule has 0 fully saturated rings. The number of pyridine rings is 2. The SMILES string of the molecule is FC(F)c1cc(Oc2ccc3c4ccc(Oc5cc(Oc6ccccn6)cc(C(F)F)c5)cc4n(-c4ncccn4)c3c2)cc(Oc2ccccn2)c1. The fraction of sp³-hybridized carbons (Fsp3) is 0.0500. The number of hydrogen-bond donors (Lipinski definition) is 0. The van der Waals surface area contributed by atoms with Gasteiger partial charge in [0, 0.05) is 83.1 Å². The molecule has 4 aromatic heterocycles. The Labute approximate surface area is 298 Å². The number of rotatable bonds is 11. The van der Waals surface area contributed by atoms with Crippen molar-refractivity contribution >= 4 is 21.8 Å². The fourth-order valence-corrected chi connectivity index (χ4v) is 5.73. The number of halogens is 4. The van der Waals surface area contributed by atoms with Crippen molar-refractivity contribution < 1.29 is 36.5 Å². The molecule has 0 saturated carbocycles. The van der Waals surface area contributed by atoms with Gasteiger partial charge in [-0.15, -0.1) is 0 Å². The topological polar surface area (TPSA) is 93.4 Å². The van der Waals surface area contributed by atoms with E-state index in [1.807, 2.05) is 12.1 Å². The van der Waals surface area contributed by atoms with Crippen LogP contribution in [0.1, 0.15) is 24.0 Å². The predicted octanol–water partition coefficient (Wildman–Crippen LogP) is 11.4. The number of alkyl halides is 4. The van der Waals surface area contributed by atoms with Gasteiger partial charge in [0.05, 0.1) is 11.0 Å². The standard InChI is InChI=1S/C40H25F4N5O4/c41-38(42)24-16-28(20-30(18-24)52-36-6-1-3-12-45-36)50-26-8-10-32-33-11-9-27(23-35(33)49(34(32)22-26)40-47-14-5-15-48-40)51-29-17-25(39(43)44)19-31(21-29)53-37-7-2-4-13-46-37/h1-23,38-39H. The van der Waals surface area contributed by atoms with Crippen molar-refractivity contribution in [3.63, 3.8) is 0 Å². The molecule has 9 nitrogen and oxygen atoms in total. The van der Waals surface area contributed by atoms with Crippen LogP contribution in [0.2, 0.25) is 0 Å². The zero-order valence-corrected chi connectivity index (χ0v) is 27.3. The van der Waals surface area contributed by atoms with Gasteiger partial charge in [0.15, 0.2) is 0 Å². The van der Waals surface area contributed by atoms with Crippen LogP contribution in [0.4, 0.5) is 17.6 Å². The van der Waals surface area contributed by atoms with Crippen LogP contribution in [0.25, 0.3) is 27.8 Å². The summed E-state index contributed by atoms with van der Waals surface area (Å²) in [6.07, 6.45) is 0.698. The van der Waals surface area contributed by atoms with E-state index in [-0.39, 0.29) is 45.9 Å². The summed E-state index contributed by atoms with van der Waals surface area (Å²) in [4.78, 5) is 17.2. The minimum Gasteiger partial charge on any atom is -0.457 e. The lowest BCUT2D eigenvalue weighted by atomic mass is 10.1. The highest BCUT2D eigenvalue weighted by atomic mass is 19.3. The summed E-state index contributed by atoms with van der Waals surface area (Å²) in [6, 6.07) is 30.3. The van der Waals surface area contributed by atoms with Crippen LogP contribution in [0.3, 0.4) is 0 Å². The van der Waals surface area contributed by atoms with Gasteiger partial charge < -0.3 is 18.9 Å². The largest absolute Gasteiger partial charge is 0.457 e. The van der Waals surface area contributed by atoms with Gasteiger partial charge in [0.1, 0.15) is 34.5 Å². The lowest BCUT2D eigenvalue weighted by molar-refractivity contribution is 0.150. The highest BCUT2D eigenvalue weighted by Gasteiger charge is 2.19.